The maximum atomic E-state index is 14.2. The van der Waals surface area contributed by atoms with E-state index in [9.17, 15) is 27.9 Å². The minimum Gasteiger partial charge on any atom is -0.396 e. The smallest absolute Gasteiger partial charge is 0.269 e. The molecule has 0 bridgehead atoms. The maximum Gasteiger partial charge on any atom is 0.269 e. The number of rotatable bonds is 8. The van der Waals surface area contributed by atoms with Gasteiger partial charge in [-0.05, 0) is 47.9 Å². The summed E-state index contributed by atoms with van der Waals surface area (Å²) >= 11 is 0. The third-order valence-electron chi connectivity index (χ3n) is 7.00. The summed E-state index contributed by atoms with van der Waals surface area (Å²) in [6.45, 7) is -0.371. The van der Waals surface area contributed by atoms with Crippen molar-refractivity contribution in [1.29, 1.82) is 0 Å². The lowest BCUT2D eigenvalue weighted by Gasteiger charge is -2.28. The number of halogens is 3. The van der Waals surface area contributed by atoms with Gasteiger partial charge in [0.1, 0.15) is 5.82 Å². The van der Waals surface area contributed by atoms with Gasteiger partial charge in [0, 0.05) is 23.7 Å². The van der Waals surface area contributed by atoms with Crippen LogP contribution in [0.2, 0.25) is 0 Å². The van der Waals surface area contributed by atoms with Crippen LogP contribution in [0.5, 0.6) is 0 Å². The van der Waals surface area contributed by atoms with E-state index in [-0.39, 0.29) is 18.6 Å². The van der Waals surface area contributed by atoms with Gasteiger partial charge >= 0.3 is 0 Å². The first-order valence-corrected chi connectivity index (χ1v) is 13.0. The quantitative estimate of drug-likeness (QED) is 0.275. The van der Waals surface area contributed by atoms with Gasteiger partial charge in [-0.1, -0.05) is 66.7 Å². The Morgan fingerprint density at radius 3 is 2.27 bits per heavy atom. The highest BCUT2D eigenvalue weighted by Crippen LogP contribution is 2.37. The average molecular weight is 558 g/mol. The second-order valence-electron chi connectivity index (χ2n) is 9.61. The Kier molecular flexibility index (Phi) is 8.26. The zero-order valence-electron chi connectivity index (χ0n) is 21.7. The second-order valence-corrected chi connectivity index (χ2v) is 9.61. The van der Waals surface area contributed by atoms with E-state index in [0.29, 0.717) is 22.5 Å². The van der Waals surface area contributed by atoms with Crippen LogP contribution in [0, 0.1) is 17.5 Å². The van der Waals surface area contributed by atoms with E-state index in [1.54, 1.807) is 12.1 Å². The molecular weight excluding hydrogens is 531 g/mol. The Bertz CT molecular complexity index is 1590. The fourth-order valence-corrected chi connectivity index (χ4v) is 5.05. The number of nitrogens with one attached hydrogen (secondary N) is 2. The summed E-state index contributed by atoms with van der Waals surface area (Å²) < 4.78 is 41.8. The molecule has 0 aromatic heterocycles. The highest BCUT2D eigenvalue weighted by atomic mass is 19.2. The molecule has 1 heterocycles. The van der Waals surface area contributed by atoms with Crippen LogP contribution in [0.4, 0.5) is 18.9 Å². The molecule has 3 N–H and O–H groups in total. The Morgan fingerprint density at radius 1 is 0.878 bits per heavy atom. The topological polar surface area (TPSA) is 90.8 Å². The van der Waals surface area contributed by atoms with Crippen LogP contribution in [0.3, 0.4) is 0 Å². The number of fused-ring (bicyclic) bond motifs is 1. The fourth-order valence-electron chi connectivity index (χ4n) is 5.05. The number of benzene rings is 4. The summed E-state index contributed by atoms with van der Waals surface area (Å²) in [6, 6.07) is 24.8. The molecular formula is C32H26F3N3O3. The van der Waals surface area contributed by atoms with Gasteiger partial charge in [-0.25, -0.2) is 18.2 Å². The summed E-state index contributed by atoms with van der Waals surface area (Å²) in [5.74, 6) is -5.90. The molecule has 0 aliphatic carbocycles. The lowest BCUT2D eigenvalue weighted by Crippen LogP contribution is -2.45. The first kappa shape index (κ1) is 27.8. The first-order chi connectivity index (χ1) is 19.9. The van der Waals surface area contributed by atoms with Crippen LogP contribution in [-0.2, 0) is 9.59 Å². The molecule has 0 radical (unpaired) electrons. The van der Waals surface area contributed by atoms with Crippen molar-refractivity contribution in [2.24, 2.45) is 4.99 Å². The minimum absolute atomic E-state index is 0.00136. The molecule has 5 rings (SSSR count). The lowest BCUT2D eigenvalue weighted by molar-refractivity contribution is -0.127. The predicted octanol–water partition coefficient (Wildman–Crippen LogP) is 5.29. The van der Waals surface area contributed by atoms with E-state index in [2.05, 4.69) is 15.6 Å². The standard InChI is InChI=1S/C32H26F3N3O3/c33-22-13-10-19(11-14-22)28(23(16-17-39)21-12-15-25(34)26(35)18-21)31(40)38-30-32(41)36-27-9-5-4-8-24(27)29(37-30)20-6-2-1-3-7-20/h1-15,18,23,28,30,39H,16-17H2,(H,36,41)(H,38,40)/t23-,28+,30+/m0/s1. The largest absolute Gasteiger partial charge is 0.396 e. The third kappa shape index (κ3) is 6.05. The van der Waals surface area contributed by atoms with E-state index in [1.165, 1.54) is 30.3 Å². The average Bonchev–Trinajstić information content (AvgIpc) is 3.11. The number of nitrogens with zero attached hydrogens (tertiary/aromatic N) is 1. The Labute approximate surface area is 234 Å². The number of hydrogen-bond acceptors (Lipinski definition) is 4. The molecule has 2 amide bonds. The molecule has 6 nitrogen and oxygen atoms in total. The van der Waals surface area contributed by atoms with Gasteiger partial charge in [0.05, 0.1) is 17.3 Å². The van der Waals surface area contributed by atoms with Gasteiger partial charge < -0.3 is 15.7 Å². The zero-order chi connectivity index (χ0) is 28.9. The molecule has 0 spiro atoms. The number of benzodiazepines with no additional fused rings is 1. The van der Waals surface area contributed by atoms with Crippen molar-refractivity contribution in [3.8, 4) is 0 Å². The highest BCUT2D eigenvalue weighted by Gasteiger charge is 2.35. The van der Waals surface area contributed by atoms with Gasteiger partial charge in [-0.3, -0.25) is 9.59 Å². The Morgan fingerprint density at radius 2 is 1.56 bits per heavy atom. The van der Waals surface area contributed by atoms with E-state index in [1.807, 2.05) is 42.5 Å². The van der Waals surface area contributed by atoms with Crippen LogP contribution in [0.25, 0.3) is 0 Å². The van der Waals surface area contributed by atoms with E-state index in [4.69, 9.17) is 0 Å². The van der Waals surface area contributed by atoms with Crippen LogP contribution < -0.4 is 10.6 Å². The van der Waals surface area contributed by atoms with Gasteiger partial charge in [-0.2, -0.15) is 0 Å². The van der Waals surface area contributed by atoms with Crippen molar-refractivity contribution >= 4 is 23.2 Å². The molecule has 1 aliphatic heterocycles. The van der Waals surface area contributed by atoms with Crippen molar-refractivity contribution in [3.63, 3.8) is 0 Å². The summed E-state index contributed by atoms with van der Waals surface area (Å²) in [6.07, 6.45) is -1.35. The fraction of sp³-hybridized carbons (Fsp3) is 0.156. The Hall–Kier alpha value is -4.76. The SMILES string of the molecule is O=C1Nc2ccccc2C(c2ccccc2)=N[C@@H]1NC(=O)[C@H](c1ccc(F)cc1)[C@@H](CCO)c1ccc(F)c(F)c1. The molecule has 4 aromatic carbocycles. The number of carbonyl (C=O) groups is 2. The first-order valence-electron chi connectivity index (χ1n) is 13.0. The molecule has 0 fully saturated rings. The van der Waals surface area contributed by atoms with Crippen molar-refractivity contribution in [2.45, 2.75) is 24.4 Å². The lowest BCUT2D eigenvalue weighted by atomic mass is 9.78. The van der Waals surface area contributed by atoms with E-state index >= 15 is 0 Å². The van der Waals surface area contributed by atoms with Crippen molar-refractivity contribution in [3.05, 3.63) is 137 Å². The second kappa shape index (κ2) is 12.2. The number of aliphatic imine (C=N–C) groups is 1. The normalized spacial score (nSPS) is 16.0. The maximum absolute atomic E-state index is 14.2. The van der Waals surface area contributed by atoms with Gasteiger partial charge in [0.25, 0.3) is 5.91 Å². The zero-order valence-corrected chi connectivity index (χ0v) is 21.7. The summed E-state index contributed by atoms with van der Waals surface area (Å²) in [7, 11) is 0. The van der Waals surface area contributed by atoms with Gasteiger partial charge in [0.15, 0.2) is 11.6 Å². The summed E-state index contributed by atoms with van der Waals surface area (Å²) in [5, 5.41) is 15.4. The number of carbonyl (C=O) groups excluding carboxylic acids is 2. The van der Waals surface area contributed by atoms with E-state index < -0.39 is 47.3 Å². The Balaban J connectivity index is 1.57. The highest BCUT2D eigenvalue weighted by molar-refractivity contribution is 6.19. The monoisotopic (exact) mass is 557 g/mol. The van der Waals surface area contributed by atoms with Gasteiger partial charge in [0.2, 0.25) is 12.1 Å². The van der Waals surface area contributed by atoms with Crippen molar-refractivity contribution in [2.75, 3.05) is 11.9 Å². The summed E-state index contributed by atoms with van der Waals surface area (Å²) in [5.41, 5.74) is 3.01. The number of aliphatic hydroxyl groups excluding tert-OH is 1. The van der Waals surface area contributed by atoms with Crippen molar-refractivity contribution in [1.82, 2.24) is 5.32 Å². The third-order valence-corrected chi connectivity index (χ3v) is 7.00. The molecule has 41 heavy (non-hydrogen) atoms. The van der Waals surface area contributed by atoms with Crippen LogP contribution >= 0.6 is 0 Å². The molecule has 0 unspecified atom stereocenters. The van der Waals surface area contributed by atoms with Crippen molar-refractivity contribution < 1.29 is 27.9 Å². The molecule has 4 aromatic rings. The van der Waals surface area contributed by atoms with Crippen LogP contribution in [0.15, 0.2) is 102 Å². The summed E-state index contributed by atoms with van der Waals surface area (Å²) in [4.78, 5) is 32.0. The number of aliphatic hydroxyl groups is 1. The number of para-hydroxylation sites is 1. The number of hydrogen-bond donors (Lipinski definition) is 3. The number of amides is 2. The molecule has 1 aliphatic rings. The molecule has 0 saturated carbocycles. The van der Waals surface area contributed by atoms with Gasteiger partial charge in [-0.15, -0.1) is 0 Å². The molecule has 208 valence electrons. The minimum atomic E-state index is -1.35. The van der Waals surface area contributed by atoms with E-state index in [0.717, 1.165) is 17.7 Å². The molecule has 9 heteroatoms. The number of anilines is 1. The van der Waals surface area contributed by atoms with Crippen LogP contribution in [0.1, 0.15) is 40.5 Å². The molecule has 0 saturated heterocycles. The van der Waals surface area contributed by atoms with Crippen LogP contribution in [-0.4, -0.2) is 35.4 Å². The molecule has 3 atom stereocenters. The predicted molar refractivity (Wildman–Crippen MR) is 149 cm³/mol.